The molecule has 1 aromatic carbocycles. The van der Waals surface area contributed by atoms with Crippen LogP contribution in [0.2, 0.25) is 0 Å². The Balaban J connectivity index is 2.48. The van der Waals surface area contributed by atoms with Crippen LogP contribution in [0.3, 0.4) is 0 Å². The van der Waals surface area contributed by atoms with Crippen molar-refractivity contribution in [3.05, 3.63) is 65.0 Å². The molecule has 1 unspecified atom stereocenters. The summed E-state index contributed by atoms with van der Waals surface area (Å²) < 4.78 is 26.4. The number of rotatable bonds is 3. The number of nitrogens with zero attached hydrogens (tertiary/aromatic N) is 1. The standard InChI is InChI=1S/C13H13F2N3/c1-8-2-3-10(14)5-12(8)13(18-16)9-4-11(15)7-17-6-9/h2-7,13,18H,16H2,1H3. The average molecular weight is 249 g/mol. The summed E-state index contributed by atoms with van der Waals surface area (Å²) in [5.41, 5.74) is 4.63. The number of nitrogens with one attached hydrogen (secondary N) is 1. The minimum Gasteiger partial charge on any atom is -0.271 e. The summed E-state index contributed by atoms with van der Waals surface area (Å²) in [6.45, 7) is 1.84. The molecule has 3 N–H and O–H groups in total. The van der Waals surface area contributed by atoms with Crippen molar-refractivity contribution in [3.63, 3.8) is 0 Å². The van der Waals surface area contributed by atoms with Crippen LogP contribution in [0.5, 0.6) is 0 Å². The molecule has 1 atom stereocenters. The number of halogens is 2. The number of hydrogen-bond acceptors (Lipinski definition) is 3. The third-order valence-corrected chi connectivity index (χ3v) is 2.78. The van der Waals surface area contributed by atoms with Gasteiger partial charge in [-0.15, -0.1) is 0 Å². The predicted molar refractivity (Wildman–Crippen MR) is 64.5 cm³/mol. The van der Waals surface area contributed by atoms with Gasteiger partial charge in [0, 0.05) is 6.20 Å². The van der Waals surface area contributed by atoms with Gasteiger partial charge in [-0.1, -0.05) is 6.07 Å². The Hall–Kier alpha value is -1.85. The van der Waals surface area contributed by atoms with Crippen LogP contribution in [0.1, 0.15) is 22.7 Å². The summed E-state index contributed by atoms with van der Waals surface area (Å²) >= 11 is 0. The van der Waals surface area contributed by atoms with Gasteiger partial charge in [0.1, 0.15) is 11.6 Å². The van der Waals surface area contributed by atoms with Crippen LogP contribution in [-0.2, 0) is 0 Å². The van der Waals surface area contributed by atoms with Gasteiger partial charge in [-0.2, -0.15) is 0 Å². The highest BCUT2D eigenvalue weighted by Gasteiger charge is 2.16. The zero-order valence-corrected chi connectivity index (χ0v) is 9.82. The van der Waals surface area contributed by atoms with Gasteiger partial charge in [-0.05, 0) is 41.8 Å². The molecule has 1 aromatic heterocycles. The van der Waals surface area contributed by atoms with Gasteiger partial charge in [0.05, 0.1) is 12.2 Å². The van der Waals surface area contributed by atoms with Gasteiger partial charge in [-0.3, -0.25) is 10.8 Å². The second-order valence-electron chi connectivity index (χ2n) is 4.04. The first-order valence-corrected chi connectivity index (χ1v) is 5.44. The Morgan fingerprint density at radius 3 is 2.61 bits per heavy atom. The van der Waals surface area contributed by atoms with Crippen molar-refractivity contribution in [2.24, 2.45) is 5.84 Å². The van der Waals surface area contributed by atoms with E-state index in [1.54, 1.807) is 6.07 Å². The Morgan fingerprint density at radius 2 is 1.94 bits per heavy atom. The van der Waals surface area contributed by atoms with E-state index in [0.717, 1.165) is 11.8 Å². The minimum atomic E-state index is -0.496. The van der Waals surface area contributed by atoms with Gasteiger partial charge < -0.3 is 0 Å². The summed E-state index contributed by atoms with van der Waals surface area (Å²) in [5, 5.41) is 0. The molecular weight excluding hydrogens is 236 g/mol. The van der Waals surface area contributed by atoms with E-state index in [1.807, 2.05) is 6.92 Å². The highest BCUT2D eigenvalue weighted by atomic mass is 19.1. The number of aryl methyl sites for hydroxylation is 1. The molecular formula is C13H13F2N3. The normalized spacial score (nSPS) is 12.4. The zero-order valence-electron chi connectivity index (χ0n) is 9.82. The first-order chi connectivity index (χ1) is 8.61. The number of hydrazine groups is 1. The molecule has 3 nitrogen and oxygen atoms in total. The van der Waals surface area contributed by atoms with Crippen molar-refractivity contribution in [2.45, 2.75) is 13.0 Å². The van der Waals surface area contributed by atoms with E-state index in [-0.39, 0.29) is 5.82 Å². The van der Waals surface area contributed by atoms with E-state index < -0.39 is 11.9 Å². The van der Waals surface area contributed by atoms with Gasteiger partial charge in [0.25, 0.3) is 0 Å². The van der Waals surface area contributed by atoms with Crippen molar-refractivity contribution in [1.29, 1.82) is 0 Å². The Kier molecular flexibility index (Phi) is 3.64. The lowest BCUT2D eigenvalue weighted by atomic mass is 9.96. The molecule has 0 spiro atoms. The number of nitrogens with two attached hydrogens (primary N) is 1. The molecule has 2 rings (SSSR count). The lowest BCUT2D eigenvalue weighted by molar-refractivity contribution is 0.588. The van der Waals surface area contributed by atoms with Crippen LogP contribution in [0.25, 0.3) is 0 Å². The lowest BCUT2D eigenvalue weighted by Crippen LogP contribution is -2.29. The highest BCUT2D eigenvalue weighted by Crippen LogP contribution is 2.24. The molecule has 0 bridgehead atoms. The lowest BCUT2D eigenvalue weighted by Gasteiger charge is -2.18. The SMILES string of the molecule is Cc1ccc(F)cc1C(NN)c1cncc(F)c1. The fraction of sp³-hybridized carbons (Fsp3) is 0.154. The molecule has 0 aliphatic carbocycles. The zero-order chi connectivity index (χ0) is 13.1. The Labute approximate surface area is 104 Å². The molecule has 0 saturated heterocycles. The third kappa shape index (κ3) is 2.52. The molecule has 0 aliphatic rings. The van der Waals surface area contributed by atoms with Gasteiger partial charge >= 0.3 is 0 Å². The van der Waals surface area contributed by atoms with Crippen LogP contribution in [0.4, 0.5) is 8.78 Å². The number of aromatic nitrogens is 1. The van der Waals surface area contributed by atoms with E-state index >= 15 is 0 Å². The van der Waals surface area contributed by atoms with Gasteiger partial charge in [-0.25, -0.2) is 14.2 Å². The van der Waals surface area contributed by atoms with Crippen LogP contribution in [-0.4, -0.2) is 4.98 Å². The molecule has 0 radical (unpaired) electrons. The summed E-state index contributed by atoms with van der Waals surface area (Å²) in [4.78, 5) is 3.77. The molecule has 1 heterocycles. The second-order valence-corrected chi connectivity index (χ2v) is 4.04. The number of pyridine rings is 1. The molecule has 0 amide bonds. The molecule has 0 aliphatic heterocycles. The number of hydrogen-bond donors (Lipinski definition) is 2. The first kappa shape index (κ1) is 12.6. The fourth-order valence-electron chi connectivity index (χ4n) is 1.87. The molecule has 0 fully saturated rings. The maximum absolute atomic E-state index is 13.3. The summed E-state index contributed by atoms with van der Waals surface area (Å²) in [6, 6.07) is 5.23. The maximum Gasteiger partial charge on any atom is 0.141 e. The largest absolute Gasteiger partial charge is 0.271 e. The van der Waals surface area contributed by atoms with Gasteiger partial charge in [0.15, 0.2) is 0 Å². The van der Waals surface area contributed by atoms with Crippen molar-refractivity contribution >= 4 is 0 Å². The topological polar surface area (TPSA) is 50.9 Å². The van der Waals surface area contributed by atoms with Crippen LogP contribution < -0.4 is 11.3 Å². The first-order valence-electron chi connectivity index (χ1n) is 5.44. The van der Waals surface area contributed by atoms with E-state index in [9.17, 15) is 8.78 Å². The number of benzene rings is 1. The maximum atomic E-state index is 13.3. The fourth-order valence-corrected chi connectivity index (χ4v) is 1.87. The monoisotopic (exact) mass is 249 g/mol. The van der Waals surface area contributed by atoms with Crippen molar-refractivity contribution in [1.82, 2.24) is 10.4 Å². The summed E-state index contributed by atoms with van der Waals surface area (Å²) in [6.07, 6.45) is 2.60. The Bertz CT molecular complexity index is 558. The second kappa shape index (κ2) is 5.20. The average Bonchev–Trinajstić information content (AvgIpc) is 2.35. The van der Waals surface area contributed by atoms with Crippen molar-refractivity contribution < 1.29 is 8.78 Å². The molecule has 18 heavy (non-hydrogen) atoms. The van der Waals surface area contributed by atoms with E-state index in [2.05, 4.69) is 10.4 Å². The molecule has 94 valence electrons. The van der Waals surface area contributed by atoms with Crippen molar-refractivity contribution in [3.8, 4) is 0 Å². The molecule has 0 saturated carbocycles. The Morgan fingerprint density at radius 1 is 1.17 bits per heavy atom. The predicted octanol–water partition coefficient (Wildman–Crippen LogP) is 2.22. The van der Waals surface area contributed by atoms with Crippen LogP contribution in [0, 0.1) is 18.6 Å². The van der Waals surface area contributed by atoms with E-state index in [0.29, 0.717) is 11.1 Å². The van der Waals surface area contributed by atoms with E-state index in [4.69, 9.17) is 5.84 Å². The van der Waals surface area contributed by atoms with Gasteiger partial charge in [0.2, 0.25) is 0 Å². The minimum absolute atomic E-state index is 0.361. The smallest absolute Gasteiger partial charge is 0.141 e. The van der Waals surface area contributed by atoms with E-state index in [1.165, 1.54) is 24.4 Å². The van der Waals surface area contributed by atoms with Crippen LogP contribution >= 0.6 is 0 Å². The highest BCUT2D eigenvalue weighted by molar-refractivity contribution is 5.36. The molecule has 2 aromatic rings. The van der Waals surface area contributed by atoms with Crippen LogP contribution in [0.15, 0.2) is 36.7 Å². The summed E-state index contributed by atoms with van der Waals surface area (Å²) in [5.74, 6) is 4.67. The third-order valence-electron chi connectivity index (χ3n) is 2.78. The quantitative estimate of drug-likeness (QED) is 0.647. The summed E-state index contributed by atoms with van der Waals surface area (Å²) in [7, 11) is 0. The molecule has 5 heteroatoms. The van der Waals surface area contributed by atoms with Crippen molar-refractivity contribution in [2.75, 3.05) is 0 Å².